The maximum atomic E-state index is 9.91. The molecule has 1 aromatic rings. The van der Waals surface area contributed by atoms with E-state index in [2.05, 4.69) is 0 Å². The summed E-state index contributed by atoms with van der Waals surface area (Å²) < 4.78 is 20.8. The quantitative estimate of drug-likeness (QED) is 0.442. The van der Waals surface area contributed by atoms with Crippen molar-refractivity contribution in [1.82, 2.24) is 0 Å². The molecule has 1 aromatic carbocycles. The van der Waals surface area contributed by atoms with Crippen molar-refractivity contribution >= 4 is 5.69 Å². The van der Waals surface area contributed by atoms with Crippen LogP contribution in [0.5, 0.6) is 0 Å². The van der Waals surface area contributed by atoms with Gasteiger partial charge in [0.05, 0.1) is 46.2 Å². The molecule has 1 rings (SSSR count). The average molecular weight is 299 g/mol. The Morgan fingerprint density at radius 3 is 2.24 bits per heavy atom. The fraction of sp³-hybridized carbons (Fsp3) is 0.600. The molecule has 0 amide bonds. The molecule has 0 saturated carbocycles. The summed E-state index contributed by atoms with van der Waals surface area (Å²) in [5, 5.41) is 9.91. The summed E-state index contributed by atoms with van der Waals surface area (Å²) in [7, 11) is 1.63. The molecule has 21 heavy (non-hydrogen) atoms. The lowest BCUT2D eigenvalue weighted by atomic mass is 10.1. The van der Waals surface area contributed by atoms with Gasteiger partial charge in [0, 0.05) is 12.8 Å². The number of aliphatic hydroxyl groups excluding tert-OH is 1. The van der Waals surface area contributed by atoms with Crippen LogP contribution in [-0.2, 0) is 18.9 Å². The van der Waals surface area contributed by atoms with Crippen LogP contribution in [-0.4, -0.2) is 58.5 Å². The number of ether oxygens (including phenoxy) is 4. The first-order valence-electron chi connectivity index (χ1n) is 6.99. The molecule has 0 aromatic heterocycles. The van der Waals surface area contributed by atoms with Crippen molar-refractivity contribution in [3.8, 4) is 0 Å². The SMILES string of the molecule is COCCOCCOCCOCC(O)c1cccc(N)c1. The number of methoxy groups -OCH3 is 1. The van der Waals surface area contributed by atoms with Gasteiger partial charge >= 0.3 is 0 Å². The molecule has 1 atom stereocenters. The highest BCUT2D eigenvalue weighted by molar-refractivity contribution is 5.41. The molecule has 0 aliphatic rings. The first-order valence-corrected chi connectivity index (χ1v) is 6.99. The number of rotatable bonds is 12. The highest BCUT2D eigenvalue weighted by atomic mass is 16.6. The van der Waals surface area contributed by atoms with Crippen molar-refractivity contribution in [2.24, 2.45) is 0 Å². The Labute approximate surface area is 125 Å². The molecule has 0 heterocycles. The van der Waals surface area contributed by atoms with Crippen LogP contribution < -0.4 is 5.73 Å². The highest BCUT2D eigenvalue weighted by Crippen LogP contribution is 2.15. The van der Waals surface area contributed by atoms with Crippen LogP contribution in [0.15, 0.2) is 24.3 Å². The van der Waals surface area contributed by atoms with Crippen molar-refractivity contribution in [3.63, 3.8) is 0 Å². The van der Waals surface area contributed by atoms with E-state index in [9.17, 15) is 5.11 Å². The Kier molecular flexibility index (Phi) is 9.77. The van der Waals surface area contributed by atoms with Gasteiger partial charge in [-0.25, -0.2) is 0 Å². The standard InChI is InChI=1S/C15H25NO5/c1-18-5-6-19-7-8-20-9-10-21-12-15(17)13-3-2-4-14(16)11-13/h2-4,11,15,17H,5-10,12,16H2,1H3. The zero-order valence-electron chi connectivity index (χ0n) is 12.5. The molecule has 0 aliphatic carbocycles. The zero-order chi connectivity index (χ0) is 15.3. The van der Waals surface area contributed by atoms with Crippen molar-refractivity contribution in [3.05, 3.63) is 29.8 Å². The number of nitrogens with two attached hydrogens (primary N) is 1. The number of hydrogen-bond donors (Lipinski definition) is 2. The van der Waals surface area contributed by atoms with E-state index < -0.39 is 6.10 Å². The summed E-state index contributed by atoms with van der Waals surface area (Å²) in [6.07, 6.45) is -0.675. The van der Waals surface area contributed by atoms with Gasteiger partial charge in [-0.15, -0.1) is 0 Å². The Morgan fingerprint density at radius 2 is 1.62 bits per heavy atom. The molecular formula is C15H25NO5. The van der Waals surface area contributed by atoms with Crippen LogP contribution in [0.25, 0.3) is 0 Å². The smallest absolute Gasteiger partial charge is 0.102 e. The van der Waals surface area contributed by atoms with Crippen LogP contribution in [0.4, 0.5) is 5.69 Å². The van der Waals surface area contributed by atoms with Crippen LogP contribution in [0.3, 0.4) is 0 Å². The first-order chi connectivity index (χ1) is 10.2. The van der Waals surface area contributed by atoms with Crippen LogP contribution in [0, 0.1) is 0 Å². The molecule has 6 nitrogen and oxygen atoms in total. The van der Waals surface area contributed by atoms with E-state index in [1.165, 1.54) is 0 Å². The van der Waals surface area contributed by atoms with Crippen molar-refractivity contribution in [2.45, 2.75) is 6.10 Å². The Morgan fingerprint density at radius 1 is 1.00 bits per heavy atom. The number of nitrogen functional groups attached to an aromatic ring is 1. The number of hydrogen-bond acceptors (Lipinski definition) is 6. The lowest BCUT2D eigenvalue weighted by Crippen LogP contribution is -2.13. The largest absolute Gasteiger partial charge is 0.399 e. The van der Waals surface area contributed by atoms with E-state index in [0.29, 0.717) is 45.3 Å². The minimum absolute atomic E-state index is 0.219. The summed E-state index contributed by atoms with van der Waals surface area (Å²) in [5.41, 5.74) is 7.04. The highest BCUT2D eigenvalue weighted by Gasteiger charge is 2.07. The topological polar surface area (TPSA) is 83.2 Å². The molecule has 0 bridgehead atoms. The number of anilines is 1. The second-order valence-corrected chi connectivity index (χ2v) is 4.48. The van der Waals surface area contributed by atoms with Crippen LogP contribution >= 0.6 is 0 Å². The number of aliphatic hydroxyl groups is 1. The van der Waals surface area contributed by atoms with E-state index in [4.69, 9.17) is 24.7 Å². The van der Waals surface area contributed by atoms with Crippen molar-refractivity contribution in [1.29, 1.82) is 0 Å². The molecule has 0 saturated heterocycles. The van der Waals surface area contributed by atoms with E-state index in [1.807, 2.05) is 6.07 Å². The van der Waals surface area contributed by atoms with Crippen LogP contribution in [0.1, 0.15) is 11.7 Å². The summed E-state index contributed by atoms with van der Waals surface area (Å²) in [4.78, 5) is 0. The van der Waals surface area contributed by atoms with Gasteiger partial charge in [-0.1, -0.05) is 12.1 Å². The lowest BCUT2D eigenvalue weighted by Gasteiger charge is -2.12. The number of benzene rings is 1. The van der Waals surface area contributed by atoms with Gasteiger partial charge < -0.3 is 29.8 Å². The minimum Gasteiger partial charge on any atom is -0.399 e. The van der Waals surface area contributed by atoms with Crippen LogP contribution in [0.2, 0.25) is 0 Å². The van der Waals surface area contributed by atoms with Gasteiger partial charge in [0.2, 0.25) is 0 Å². The fourth-order valence-corrected chi connectivity index (χ4v) is 1.64. The predicted molar refractivity (Wildman–Crippen MR) is 80.1 cm³/mol. The zero-order valence-corrected chi connectivity index (χ0v) is 12.5. The molecular weight excluding hydrogens is 274 g/mol. The van der Waals surface area contributed by atoms with Crippen molar-refractivity contribution in [2.75, 3.05) is 59.1 Å². The third kappa shape index (κ3) is 8.64. The molecule has 3 N–H and O–H groups in total. The van der Waals surface area contributed by atoms with Gasteiger partial charge in [0.15, 0.2) is 0 Å². The minimum atomic E-state index is -0.675. The molecule has 120 valence electrons. The first kappa shape index (κ1) is 17.9. The fourth-order valence-electron chi connectivity index (χ4n) is 1.64. The van der Waals surface area contributed by atoms with E-state index in [-0.39, 0.29) is 6.61 Å². The summed E-state index contributed by atoms with van der Waals surface area (Å²) in [5.74, 6) is 0. The van der Waals surface area contributed by atoms with Gasteiger partial charge in [-0.3, -0.25) is 0 Å². The second kappa shape index (κ2) is 11.5. The summed E-state index contributed by atoms with van der Waals surface area (Å²) in [6.45, 7) is 3.33. The summed E-state index contributed by atoms with van der Waals surface area (Å²) in [6, 6.07) is 7.14. The lowest BCUT2D eigenvalue weighted by molar-refractivity contribution is -0.0147. The Hall–Kier alpha value is -1.18. The maximum Gasteiger partial charge on any atom is 0.102 e. The second-order valence-electron chi connectivity index (χ2n) is 4.48. The molecule has 0 spiro atoms. The molecule has 6 heteroatoms. The Bertz CT molecular complexity index is 375. The third-order valence-corrected chi connectivity index (χ3v) is 2.75. The van der Waals surface area contributed by atoms with Gasteiger partial charge in [-0.05, 0) is 17.7 Å². The maximum absolute atomic E-state index is 9.91. The molecule has 0 fully saturated rings. The predicted octanol–water partition coefficient (Wildman–Crippen LogP) is 0.998. The molecule has 0 aliphatic heterocycles. The summed E-state index contributed by atoms with van der Waals surface area (Å²) >= 11 is 0. The van der Waals surface area contributed by atoms with E-state index >= 15 is 0 Å². The molecule has 0 radical (unpaired) electrons. The monoisotopic (exact) mass is 299 g/mol. The Balaban J connectivity index is 1.96. The van der Waals surface area contributed by atoms with Gasteiger partial charge in [0.1, 0.15) is 6.10 Å². The van der Waals surface area contributed by atoms with E-state index in [0.717, 1.165) is 5.56 Å². The van der Waals surface area contributed by atoms with Gasteiger partial charge in [-0.2, -0.15) is 0 Å². The van der Waals surface area contributed by atoms with Crippen molar-refractivity contribution < 1.29 is 24.1 Å². The molecule has 1 unspecified atom stereocenters. The van der Waals surface area contributed by atoms with E-state index in [1.54, 1.807) is 25.3 Å². The normalized spacial score (nSPS) is 12.5. The van der Waals surface area contributed by atoms with Gasteiger partial charge in [0.25, 0.3) is 0 Å². The average Bonchev–Trinajstić information content (AvgIpc) is 2.49. The third-order valence-electron chi connectivity index (χ3n) is 2.75.